The molecule has 0 aliphatic rings. The van der Waals surface area contributed by atoms with Crippen LogP contribution < -0.4 is 9.86 Å². The SMILES string of the molecule is CC(C)S(=O)(=O)NCc1ccc(S(N)(=O)=O)s1. The van der Waals surface area contributed by atoms with E-state index in [1.54, 1.807) is 13.8 Å². The topological polar surface area (TPSA) is 106 Å². The first-order valence-electron chi connectivity index (χ1n) is 4.73. The van der Waals surface area contributed by atoms with Crippen molar-refractivity contribution in [2.24, 2.45) is 5.14 Å². The van der Waals surface area contributed by atoms with Crippen LogP contribution in [0.4, 0.5) is 0 Å². The van der Waals surface area contributed by atoms with E-state index in [2.05, 4.69) is 4.72 Å². The molecular weight excluding hydrogens is 284 g/mol. The Hall–Kier alpha value is -0.480. The fraction of sp³-hybridized carbons (Fsp3) is 0.500. The number of rotatable bonds is 5. The summed E-state index contributed by atoms with van der Waals surface area (Å²) in [5.74, 6) is 0. The summed E-state index contributed by atoms with van der Waals surface area (Å²) in [6, 6.07) is 2.90. The third-order valence-corrected chi connectivity index (χ3v) is 6.30. The Morgan fingerprint density at radius 1 is 1.29 bits per heavy atom. The van der Waals surface area contributed by atoms with Crippen molar-refractivity contribution >= 4 is 31.4 Å². The van der Waals surface area contributed by atoms with Crippen LogP contribution in [0.2, 0.25) is 0 Å². The smallest absolute Gasteiger partial charge is 0.224 e. The molecule has 6 nitrogen and oxygen atoms in total. The van der Waals surface area contributed by atoms with Crippen LogP contribution in [-0.2, 0) is 26.6 Å². The maximum Gasteiger partial charge on any atom is 0.247 e. The zero-order valence-electron chi connectivity index (χ0n) is 9.37. The fourth-order valence-electron chi connectivity index (χ4n) is 0.945. The van der Waals surface area contributed by atoms with Gasteiger partial charge in [-0.25, -0.2) is 26.7 Å². The van der Waals surface area contributed by atoms with E-state index in [1.165, 1.54) is 12.1 Å². The molecular formula is C8H14N2O4S3. The summed E-state index contributed by atoms with van der Waals surface area (Å²) in [7, 11) is -7.06. The zero-order chi connectivity index (χ0) is 13.3. The molecule has 0 unspecified atom stereocenters. The molecule has 0 fully saturated rings. The first-order valence-corrected chi connectivity index (χ1v) is 8.64. The van der Waals surface area contributed by atoms with Gasteiger partial charge < -0.3 is 0 Å². The summed E-state index contributed by atoms with van der Waals surface area (Å²) in [6.07, 6.45) is 0. The second-order valence-electron chi connectivity index (χ2n) is 3.68. The molecule has 1 rings (SSSR count). The van der Waals surface area contributed by atoms with Crippen molar-refractivity contribution in [1.82, 2.24) is 4.72 Å². The number of sulfonamides is 2. The largest absolute Gasteiger partial charge is 0.247 e. The van der Waals surface area contributed by atoms with Crippen molar-refractivity contribution < 1.29 is 16.8 Å². The maximum atomic E-state index is 11.5. The van der Waals surface area contributed by atoms with E-state index in [0.717, 1.165) is 11.3 Å². The molecule has 0 amide bonds. The lowest BCUT2D eigenvalue weighted by atomic mass is 10.5. The predicted molar refractivity (Wildman–Crippen MR) is 66.6 cm³/mol. The average Bonchev–Trinajstić information content (AvgIpc) is 2.62. The van der Waals surface area contributed by atoms with Gasteiger partial charge in [0, 0.05) is 11.4 Å². The Balaban J connectivity index is 2.76. The Bertz CT molecular complexity index is 586. The molecule has 1 aromatic rings. The minimum absolute atomic E-state index is 0.0243. The minimum Gasteiger partial charge on any atom is -0.224 e. The molecule has 0 saturated heterocycles. The van der Waals surface area contributed by atoms with Crippen LogP contribution in [0.1, 0.15) is 18.7 Å². The van der Waals surface area contributed by atoms with Crippen LogP contribution in [-0.4, -0.2) is 22.1 Å². The van der Waals surface area contributed by atoms with Gasteiger partial charge in [0.2, 0.25) is 20.0 Å². The molecule has 9 heteroatoms. The second-order valence-corrected chi connectivity index (χ2v) is 8.96. The highest BCUT2D eigenvalue weighted by atomic mass is 32.2. The summed E-state index contributed by atoms with van der Waals surface area (Å²) in [4.78, 5) is 0.596. The summed E-state index contributed by atoms with van der Waals surface area (Å²) in [6.45, 7) is 3.19. The molecule has 0 spiro atoms. The predicted octanol–water partition coefficient (Wildman–Crippen LogP) is 0.223. The summed E-state index contributed by atoms with van der Waals surface area (Å²) in [5.41, 5.74) is 0. The van der Waals surface area contributed by atoms with Gasteiger partial charge in [-0.05, 0) is 26.0 Å². The molecule has 1 aromatic heterocycles. The van der Waals surface area contributed by atoms with Crippen molar-refractivity contribution in [2.45, 2.75) is 29.9 Å². The van der Waals surface area contributed by atoms with E-state index in [1.807, 2.05) is 0 Å². The Morgan fingerprint density at radius 2 is 1.88 bits per heavy atom. The Morgan fingerprint density at radius 3 is 2.29 bits per heavy atom. The molecule has 0 atom stereocenters. The molecule has 98 valence electrons. The van der Waals surface area contributed by atoms with Gasteiger partial charge in [-0.1, -0.05) is 0 Å². The Labute approximate surface area is 105 Å². The standard InChI is InChI=1S/C8H14N2O4S3/c1-6(2)17(13,14)10-5-7-3-4-8(15-7)16(9,11)12/h3-4,6,10H,5H2,1-2H3,(H2,9,11,12). The molecule has 17 heavy (non-hydrogen) atoms. The van der Waals surface area contributed by atoms with Crippen LogP contribution in [0, 0.1) is 0 Å². The van der Waals surface area contributed by atoms with E-state index >= 15 is 0 Å². The Kier molecular flexibility index (Phi) is 4.31. The zero-order valence-corrected chi connectivity index (χ0v) is 11.8. The molecule has 0 bridgehead atoms. The quantitative estimate of drug-likeness (QED) is 0.811. The fourth-order valence-corrected chi connectivity index (χ4v) is 3.44. The second kappa shape index (κ2) is 5.02. The summed E-state index contributed by atoms with van der Waals surface area (Å²) >= 11 is 0.952. The van der Waals surface area contributed by atoms with Crippen molar-refractivity contribution in [1.29, 1.82) is 0 Å². The van der Waals surface area contributed by atoms with Crippen LogP contribution in [0.3, 0.4) is 0 Å². The molecule has 1 heterocycles. The van der Waals surface area contributed by atoms with E-state index < -0.39 is 25.3 Å². The molecule has 0 aliphatic carbocycles. The van der Waals surface area contributed by atoms with E-state index in [4.69, 9.17) is 5.14 Å². The lowest BCUT2D eigenvalue weighted by Crippen LogP contribution is -2.29. The van der Waals surface area contributed by atoms with Crippen LogP contribution in [0.5, 0.6) is 0 Å². The van der Waals surface area contributed by atoms with E-state index in [0.29, 0.717) is 4.88 Å². The highest BCUT2D eigenvalue weighted by molar-refractivity contribution is 7.91. The molecule has 0 aromatic carbocycles. The third kappa shape index (κ3) is 4.03. The summed E-state index contributed by atoms with van der Waals surface area (Å²) in [5, 5.41) is 4.42. The van der Waals surface area contributed by atoms with Gasteiger partial charge in [0.15, 0.2) is 0 Å². The number of hydrogen-bond donors (Lipinski definition) is 2. The van der Waals surface area contributed by atoms with Gasteiger partial charge in [-0.2, -0.15) is 0 Å². The van der Waals surface area contributed by atoms with Crippen molar-refractivity contribution in [3.8, 4) is 0 Å². The van der Waals surface area contributed by atoms with E-state index in [9.17, 15) is 16.8 Å². The van der Waals surface area contributed by atoms with Gasteiger partial charge in [0.05, 0.1) is 5.25 Å². The molecule has 0 saturated carbocycles. The number of nitrogens with two attached hydrogens (primary N) is 1. The molecule has 3 N–H and O–H groups in total. The van der Waals surface area contributed by atoms with Gasteiger partial charge in [-0.15, -0.1) is 11.3 Å². The van der Waals surface area contributed by atoms with E-state index in [-0.39, 0.29) is 10.8 Å². The first kappa shape index (κ1) is 14.6. The minimum atomic E-state index is -3.71. The number of thiophene rings is 1. The molecule has 0 radical (unpaired) electrons. The van der Waals surface area contributed by atoms with Crippen molar-refractivity contribution in [2.75, 3.05) is 0 Å². The van der Waals surface area contributed by atoms with Gasteiger partial charge >= 0.3 is 0 Å². The first-order chi connectivity index (χ1) is 7.63. The molecule has 0 aliphatic heterocycles. The highest BCUT2D eigenvalue weighted by Gasteiger charge is 2.16. The van der Waals surface area contributed by atoms with Crippen LogP contribution in [0.15, 0.2) is 16.3 Å². The van der Waals surface area contributed by atoms with Crippen LogP contribution >= 0.6 is 11.3 Å². The highest BCUT2D eigenvalue weighted by Crippen LogP contribution is 2.20. The average molecular weight is 298 g/mol. The number of nitrogens with one attached hydrogen (secondary N) is 1. The van der Waals surface area contributed by atoms with Crippen LogP contribution in [0.25, 0.3) is 0 Å². The van der Waals surface area contributed by atoms with Crippen molar-refractivity contribution in [3.63, 3.8) is 0 Å². The normalized spacial score (nSPS) is 13.2. The van der Waals surface area contributed by atoms with Crippen molar-refractivity contribution in [3.05, 3.63) is 17.0 Å². The number of hydrogen-bond acceptors (Lipinski definition) is 5. The third-order valence-electron chi connectivity index (χ3n) is 1.99. The lowest BCUT2D eigenvalue weighted by molar-refractivity contribution is 0.572. The van der Waals surface area contributed by atoms with Gasteiger partial charge in [0.25, 0.3) is 0 Å². The van der Waals surface area contributed by atoms with Gasteiger partial charge in [-0.3, -0.25) is 0 Å². The van der Waals surface area contributed by atoms with Gasteiger partial charge in [0.1, 0.15) is 4.21 Å². The summed E-state index contributed by atoms with van der Waals surface area (Å²) < 4.78 is 47.3. The lowest BCUT2D eigenvalue weighted by Gasteiger charge is -2.07. The monoisotopic (exact) mass is 298 g/mol. The maximum absolute atomic E-state index is 11.5. The number of primary sulfonamides is 1.